The van der Waals surface area contributed by atoms with Gasteiger partial charge in [0.1, 0.15) is 11.4 Å². The van der Waals surface area contributed by atoms with E-state index < -0.39 is 11.9 Å². The summed E-state index contributed by atoms with van der Waals surface area (Å²) in [4.78, 5) is 26.3. The summed E-state index contributed by atoms with van der Waals surface area (Å²) in [5.41, 5.74) is 0.758. The number of carboxylic acid groups (broad SMARTS) is 1. The summed E-state index contributed by atoms with van der Waals surface area (Å²) in [7, 11) is 0. The van der Waals surface area contributed by atoms with Crippen molar-refractivity contribution in [3.8, 4) is 5.75 Å². The van der Waals surface area contributed by atoms with Gasteiger partial charge in [-0.1, -0.05) is 22.0 Å². The Morgan fingerprint density at radius 1 is 1.24 bits per heavy atom. The number of hydrogen-bond donors (Lipinski definition) is 3. The van der Waals surface area contributed by atoms with E-state index in [1.165, 1.54) is 24.4 Å². The van der Waals surface area contributed by atoms with Crippen LogP contribution >= 0.6 is 15.9 Å². The third-order valence-electron chi connectivity index (χ3n) is 2.70. The molecule has 3 N–H and O–H groups in total. The number of nitrogens with one attached hydrogen (secondary N) is 1. The van der Waals surface area contributed by atoms with E-state index in [1.807, 2.05) is 0 Å². The molecular formula is C14H11BrN2O4. The molecule has 7 heteroatoms. The highest BCUT2D eigenvalue weighted by atomic mass is 79.9. The highest BCUT2D eigenvalue weighted by Crippen LogP contribution is 2.22. The third-order valence-corrected chi connectivity index (χ3v) is 3.19. The van der Waals surface area contributed by atoms with E-state index in [1.54, 1.807) is 12.1 Å². The molecule has 21 heavy (non-hydrogen) atoms. The Hall–Kier alpha value is -2.41. The normalized spacial score (nSPS) is 10.1. The fraction of sp³-hybridized carbons (Fsp3) is 0.0714. The Bertz CT molecular complexity index is 686. The van der Waals surface area contributed by atoms with E-state index in [-0.39, 0.29) is 23.6 Å². The van der Waals surface area contributed by atoms with Crippen LogP contribution in [0.15, 0.2) is 41.0 Å². The second-order valence-corrected chi connectivity index (χ2v) is 5.12. The summed E-state index contributed by atoms with van der Waals surface area (Å²) >= 11 is 3.19. The van der Waals surface area contributed by atoms with Gasteiger partial charge in [-0.2, -0.15) is 0 Å². The Morgan fingerprint density at radius 3 is 2.57 bits per heavy atom. The number of halogens is 1. The molecule has 0 aliphatic carbocycles. The van der Waals surface area contributed by atoms with E-state index in [9.17, 15) is 14.7 Å². The highest BCUT2D eigenvalue weighted by Gasteiger charge is 2.11. The second-order valence-electron chi connectivity index (χ2n) is 4.20. The van der Waals surface area contributed by atoms with Crippen LogP contribution in [0.4, 0.5) is 0 Å². The quantitative estimate of drug-likeness (QED) is 0.784. The lowest BCUT2D eigenvalue weighted by Crippen LogP contribution is -2.23. The molecule has 6 nitrogen and oxygen atoms in total. The molecule has 0 unspecified atom stereocenters. The monoisotopic (exact) mass is 350 g/mol. The van der Waals surface area contributed by atoms with Gasteiger partial charge in [-0.05, 0) is 29.8 Å². The van der Waals surface area contributed by atoms with E-state index in [4.69, 9.17) is 5.11 Å². The molecule has 1 heterocycles. The van der Waals surface area contributed by atoms with Crippen LogP contribution in [0, 0.1) is 0 Å². The summed E-state index contributed by atoms with van der Waals surface area (Å²) in [5.74, 6) is -1.66. The molecule has 2 rings (SSSR count). The molecule has 0 fully saturated rings. The van der Waals surface area contributed by atoms with Gasteiger partial charge in [0, 0.05) is 17.2 Å². The zero-order chi connectivity index (χ0) is 15.4. The van der Waals surface area contributed by atoms with Crippen LogP contribution in [0.3, 0.4) is 0 Å². The molecule has 1 aromatic heterocycles. The van der Waals surface area contributed by atoms with Gasteiger partial charge < -0.3 is 15.5 Å². The Labute approximate surface area is 128 Å². The maximum atomic E-state index is 11.9. The number of pyridine rings is 1. The summed E-state index contributed by atoms with van der Waals surface area (Å²) in [6.45, 7) is 0.182. The van der Waals surface area contributed by atoms with Gasteiger partial charge in [0.15, 0.2) is 0 Å². The standard InChI is InChI=1S/C14H11BrN2O4/c15-9-2-3-10(12(18)5-9)13(19)17-7-8-1-4-11(14(20)21)16-6-8/h1-6,18H,7H2,(H,17,19)(H,20,21). The molecule has 108 valence electrons. The van der Waals surface area contributed by atoms with Crippen molar-refractivity contribution in [1.82, 2.24) is 10.3 Å². The van der Waals surface area contributed by atoms with Gasteiger partial charge in [0.05, 0.1) is 5.56 Å². The van der Waals surface area contributed by atoms with Crippen LogP contribution in [-0.4, -0.2) is 27.1 Å². The van der Waals surface area contributed by atoms with Crippen molar-refractivity contribution in [1.29, 1.82) is 0 Å². The lowest BCUT2D eigenvalue weighted by molar-refractivity contribution is 0.0690. The van der Waals surface area contributed by atoms with Crippen LogP contribution in [0.2, 0.25) is 0 Å². The summed E-state index contributed by atoms with van der Waals surface area (Å²) < 4.78 is 0.671. The molecule has 0 spiro atoms. The van der Waals surface area contributed by atoms with Crippen molar-refractivity contribution in [2.75, 3.05) is 0 Å². The minimum atomic E-state index is -1.11. The zero-order valence-corrected chi connectivity index (χ0v) is 12.3. The van der Waals surface area contributed by atoms with E-state index in [0.29, 0.717) is 10.0 Å². The summed E-state index contributed by atoms with van der Waals surface area (Å²) in [6.07, 6.45) is 1.38. The van der Waals surface area contributed by atoms with Gasteiger partial charge in [-0.3, -0.25) is 4.79 Å². The molecule has 0 atom stereocenters. The van der Waals surface area contributed by atoms with Crippen LogP contribution in [-0.2, 0) is 6.54 Å². The number of phenols is 1. The number of aromatic nitrogens is 1. The number of amides is 1. The molecule has 0 saturated carbocycles. The SMILES string of the molecule is O=C(O)c1ccc(CNC(=O)c2ccc(Br)cc2O)cn1. The number of benzene rings is 1. The van der Waals surface area contributed by atoms with Crippen molar-refractivity contribution >= 4 is 27.8 Å². The van der Waals surface area contributed by atoms with Crippen LogP contribution in [0.5, 0.6) is 5.75 Å². The fourth-order valence-corrected chi connectivity index (χ4v) is 1.98. The second kappa shape index (κ2) is 6.36. The number of nitrogens with zero attached hydrogens (tertiary/aromatic N) is 1. The van der Waals surface area contributed by atoms with Crippen molar-refractivity contribution in [2.45, 2.75) is 6.54 Å². The first-order valence-electron chi connectivity index (χ1n) is 5.92. The molecule has 0 aliphatic rings. The van der Waals surface area contributed by atoms with Gasteiger partial charge in [-0.15, -0.1) is 0 Å². The number of aromatic carboxylic acids is 1. The van der Waals surface area contributed by atoms with E-state index >= 15 is 0 Å². The molecule has 0 bridgehead atoms. The molecule has 1 amide bonds. The number of rotatable bonds is 4. The van der Waals surface area contributed by atoms with E-state index in [0.717, 1.165) is 0 Å². The number of hydrogen-bond acceptors (Lipinski definition) is 4. The summed E-state index contributed by atoms with van der Waals surface area (Å²) in [6, 6.07) is 7.51. The van der Waals surface area contributed by atoms with Crippen molar-refractivity contribution < 1.29 is 19.8 Å². The molecule has 0 radical (unpaired) electrons. The van der Waals surface area contributed by atoms with Gasteiger partial charge >= 0.3 is 5.97 Å². The largest absolute Gasteiger partial charge is 0.507 e. The topological polar surface area (TPSA) is 99.5 Å². The first kappa shape index (κ1) is 15.0. The number of carbonyl (C=O) groups is 2. The molecule has 0 aliphatic heterocycles. The van der Waals surface area contributed by atoms with Crippen molar-refractivity contribution in [2.24, 2.45) is 0 Å². The average molecular weight is 351 g/mol. The fourth-order valence-electron chi connectivity index (χ4n) is 1.63. The predicted molar refractivity (Wildman–Crippen MR) is 78.2 cm³/mol. The maximum Gasteiger partial charge on any atom is 0.354 e. The van der Waals surface area contributed by atoms with Gasteiger partial charge in [-0.25, -0.2) is 9.78 Å². The lowest BCUT2D eigenvalue weighted by Gasteiger charge is -2.07. The van der Waals surface area contributed by atoms with Crippen molar-refractivity contribution in [3.63, 3.8) is 0 Å². The Kier molecular flexibility index (Phi) is 4.54. The van der Waals surface area contributed by atoms with Gasteiger partial charge in [0.25, 0.3) is 5.91 Å². The lowest BCUT2D eigenvalue weighted by atomic mass is 10.2. The Balaban J connectivity index is 2.02. The number of aromatic hydroxyl groups is 1. The number of phenolic OH excluding ortho intramolecular Hbond substituents is 1. The van der Waals surface area contributed by atoms with Crippen LogP contribution in [0.25, 0.3) is 0 Å². The van der Waals surface area contributed by atoms with Crippen LogP contribution < -0.4 is 5.32 Å². The third kappa shape index (κ3) is 3.79. The average Bonchev–Trinajstić information content (AvgIpc) is 2.45. The zero-order valence-electron chi connectivity index (χ0n) is 10.7. The Morgan fingerprint density at radius 2 is 2.00 bits per heavy atom. The minimum Gasteiger partial charge on any atom is -0.507 e. The predicted octanol–water partition coefficient (Wildman–Crippen LogP) is 2.18. The van der Waals surface area contributed by atoms with Crippen LogP contribution in [0.1, 0.15) is 26.4 Å². The van der Waals surface area contributed by atoms with Crippen molar-refractivity contribution in [3.05, 3.63) is 57.8 Å². The number of carbonyl (C=O) groups excluding carboxylic acids is 1. The molecule has 1 aromatic carbocycles. The maximum absolute atomic E-state index is 11.9. The molecule has 0 saturated heterocycles. The van der Waals surface area contributed by atoms with E-state index in [2.05, 4.69) is 26.2 Å². The molecule has 2 aromatic rings. The molecular weight excluding hydrogens is 340 g/mol. The summed E-state index contributed by atoms with van der Waals surface area (Å²) in [5, 5.41) is 21.0. The highest BCUT2D eigenvalue weighted by molar-refractivity contribution is 9.10. The first-order valence-corrected chi connectivity index (χ1v) is 6.71. The minimum absolute atomic E-state index is 0.0596. The van der Waals surface area contributed by atoms with Gasteiger partial charge in [0.2, 0.25) is 0 Å². The smallest absolute Gasteiger partial charge is 0.354 e. The number of carboxylic acids is 1. The first-order chi connectivity index (χ1) is 9.97.